The third-order valence-corrected chi connectivity index (χ3v) is 4.30. The van der Waals surface area contributed by atoms with Crippen molar-refractivity contribution in [3.63, 3.8) is 0 Å². The largest absolute Gasteiger partial charge is 0.276 e. The van der Waals surface area contributed by atoms with Crippen LogP contribution in [0.4, 0.5) is 0 Å². The quantitative estimate of drug-likeness (QED) is 0.688. The second kappa shape index (κ2) is 5.99. The number of nitrogens with one attached hydrogen (secondary N) is 1. The highest BCUT2D eigenvalue weighted by Gasteiger charge is 2.10. The van der Waals surface area contributed by atoms with E-state index in [-0.39, 0.29) is 4.90 Å². The Morgan fingerprint density at radius 2 is 1.63 bits per heavy atom. The zero-order valence-corrected chi connectivity index (χ0v) is 12.2. The van der Waals surface area contributed by atoms with Crippen molar-refractivity contribution in [2.45, 2.75) is 4.90 Å². The Morgan fingerprint density at radius 3 is 2.32 bits per heavy atom. The van der Waals surface area contributed by atoms with Crippen LogP contribution in [-0.4, -0.2) is 14.6 Å². The molecule has 2 aromatic rings. The van der Waals surface area contributed by atoms with Gasteiger partial charge >= 0.3 is 0 Å². The molecule has 0 radical (unpaired) electrons. The molecule has 0 heterocycles. The molecule has 0 bridgehead atoms. The third-order valence-electron chi connectivity index (χ3n) is 2.34. The Hall–Kier alpha value is -1.66. The minimum Gasteiger partial charge on any atom is -0.200 e. The molecule has 0 aliphatic rings. The molecule has 0 amide bonds. The van der Waals surface area contributed by atoms with Gasteiger partial charge in [0.25, 0.3) is 10.0 Å². The number of sulfonamides is 1. The highest BCUT2D eigenvalue weighted by atomic mass is 79.9. The van der Waals surface area contributed by atoms with Crippen molar-refractivity contribution in [2.24, 2.45) is 5.10 Å². The fourth-order valence-corrected chi connectivity index (χ4v) is 2.60. The number of rotatable bonds is 4. The van der Waals surface area contributed by atoms with Crippen LogP contribution in [0, 0.1) is 0 Å². The lowest BCUT2D eigenvalue weighted by atomic mass is 10.2. The van der Waals surface area contributed by atoms with Gasteiger partial charge in [0.1, 0.15) is 0 Å². The highest BCUT2D eigenvalue weighted by Crippen LogP contribution is 2.13. The van der Waals surface area contributed by atoms with Gasteiger partial charge in [-0.1, -0.05) is 52.3 Å². The van der Waals surface area contributed by atoms with E-state index in [9.17, 15) is 8.42 Å². The van der Waals surface area contributed by atoms with Crippen LogP contribution in [0.5, 0.6) is 0 Å². The fraction of sp³-hybridized carbons (Fsp3) is 0. The number of nitrogens with zero attached hydrogens (tertiary/aromatic N) is 1. The van der Waals surface area contributed by atoms with Gasteiger partial charge in [-0.2, -0.15) is 13.5 Å². The SMILES string of the molecule is O=S(=O)(NN=Cc1ccccc1Br)c1ccccc1. The maximum absolute atomic E-state index is 11.9. The molecule has 0 aliphatic heterocycles. The number of hydrogen-bond acceptors (Lipinski definition) is 3. The molecule has 0 aliphatic carbocycles. The normalized spacial score (nSPS) is 11.6. The number of benzene rings is 2. The molecule has 0 saturated heterocycles. The minimum absolute atomic E-state index is 0.180. The molecule has 0 fully saturated rings. The number of hydrogen-bond donors (Lipinski definition) is 1. The summed E-state index contributed by atoms with van der Waals surface area (Å²) in [5.74, 6) is 0. The lowest BCUT2D eigenvalue weighted by molar-refractivity contribution is 0.584. The van der Waals surface area contributed by atoms with Crippen LogP contribution >= 0.6 is 15.9 Å². The Kier molecular flexibility index (Phi) is 4.34. The van der Waals surface area contributed by atoms with E-state index in [1.54, 1.807) is 18.2 Å². The Morgan fingerprint density at radius 1 is 1.00 bits per heavy atom. The average molecular weight is 339 g/mol. The van der Waals surface area contributed by atoms with Gasteiger partial charge in [-0.05, 0) is 18.2 Å². The fourth-order valence-electron chi connectivity index (χ4n) is 1.40. The van der Waals surface area contributed by atoms with Gasteiger partial charge in [0.05, 0.1) is 11.1 Å². The van der Waals surface area contributed by atoms with Crippen molar-refractivity contribution in [1.29, 1.82) is 0 Å². The summed E-state index contributed by atoms with van der Waals surface area (Å²) in [6.07, 6.45) is 1.45. The Labute approximate surface area is 120 Å². The second-order valence-corrected chi connectivity index (χ2v) is 6.20. The first-order valence-corrected chi connectivity index (χ1v) is 7.72. The van der Waals surface area contributed by atoms with Crippen molar-refractivity contribution >= 4 is 32.2 Å². The smallest absolute Gasteiger partial charge is 0.200 e. The minimum atomic E-state index is -3.61. The molecular weight excluding hydrogens is 328 g/mol. The molecule has 19 heavy (non-hydrogen) atoms. The maximum atomic E-state index is 11.9. The first-order valence-electron chi connectivity index (χ1n) is 5.44. The number of halogens is 1. The third kappa shape index (κ3) is 3.65. The Balaban J connectivity index is 2.13. The van der Waals surface area contributed by atoms with Crippen molar-refractivity contribution in [3.05, 3.63) is 64.6 Å². The molecular formula is C13H11BrN2O2S. The van der Waals surface area contributed by atoms with E-state index in [0.717, 1.165) is 10.0 Å². The zero-order chi connectivity index (χ0) is 13.7. The topological polar surface area (TPSA) is 58.5 Å². The summed E-state index contributed by atoms with van der Waals surface area (Å²) in [6, 6.07) is 15.5. The van der Waals surface area contributed by atoms with Crippen molar-refractivity contribution in [3.8, 4) is 0 Å². The second-order valence-electron chi connectivity index (χ2n) is 3.69. The van der Waals surface area contributed by atoms with Gasteiger partial charge in [0.15, 0.2) is 0 Å². The van der Waals surface area contributed by atoms with Crippen molar-refractivity contribution in [1.82, 2.24) is 4.83 Å². The summed E-state index contributed by atoms with van der Waals surface area (Å²) in [4.78, 5) is 2.35. The molecule has 0 unspecified atom stereocenters. The predicted octanol–water partition coefficient (Wildman–Crippen LogP) is 2.76. The molecule has 2 rings (SSSR count). The van der Waals surface area contributed by atoms with E-state index in [1.807, 2.05) is 24.3 Å². The van der Waals surface area contributed by atoms with Gasteiger partial charge in [-0.25, -0.2) is 4.83 Å². The van der Waals surface area contributed by atoms with Gasteiger partial charge in [-0.15, -0.1) is 0 Å². The van der Waals surface area contributed by atoms with E-state index in [4.69, 9.17) is 0 Å². The van der Waals surface area contributed by atoms with Gasteiger partial charge in [0, 0.05) is 10.0 Å². The lowest BCUT2D eigenvalue weighted by Gasteiger charge is -2.02. The molecule has 4 nitrogen and oxygen atoms in total. The Bertz CT molecular complexity index is 685. The first kappa shape index (κ1) is 13.8. The zero-order valence-electron chi connectivity index (χ0n) is 9.82. The standard InChI is InChI=1S/C13H11BrN2O2S/c14-13-9-5-4-6-11(13)10-15-16-19(17,18)12-7-2-1-3-8-12/h1-10,16H. The van der Waals surface area contributed by atoms with Crippen LogP contribution in [0.25, 0.3) is 0 Å². The van der Waals surface area contributed by atoms with E-state index in [0.29, 0.717) is 0 Å². The average Bonchev–Trinajstić information content (AvgIpc) is 2.42. The van der Waals surface area contributed by atoms with Crippen molar-refractivity contribution < 1.29 is 8.42 Å². The molecule has 1 N–H and O–H groups in total. The molecule has 0 saturated carbocycles. The molecule has 0 spiro atoms. The summed E-state index contributed by atoms with van der Waals surface area (Å²) in [5.41, 5.74) is 0.790. The number of hydrazone groups is 1. The van der Waals surface area contributed by atoms with Crippen molar-refractivity contribution in [2.75, 3.05) is 0 Å². The van der Waals surface area contributed by atoms with E-state index < -0.39 is 10.0 Å². The first-order chi connectivity index (χ1) is 9.09. The van der Waals surface area contributed by atoms with Crippen LogP contribution in [0.3, 0.4) is 0 Å². The van der Waals surface area contributed by atoms with Crippen LogP contribution in [0.2, 0.25) is 0 Å². The van der Waals surface area contributed by atoms with E-state index in [2.05, 4.69) is 25.9 Å². The lowest BCUT2D eigenvalue weighted by Crippen LogP contribution is -2.18. The summed E-state index contributed by atoms with van der Waals surface area (Å²) in [5, 5.41) is 3.76. The van der Waals surface area contributed by atoms with Crippen LogP contribution in [0.1, 0.15) is 5.56 Å². The molecule has 0 atom stereocenters. The molecule has 0 aromatic heterocycles. The summed E-state index contributed by atoms with van der Waals surface area (Å²) < 4.78 is 24.6. The van der Waals surface area contributed by atoms with Gasteiger partial charge in [0.2, 0.25) is 0 Å². The molecule has 98 valence electrons. The van der Waals surface area contributed by atoms with E-state index >= 15 is 0 Å². The van der Waals surface area contributed by atoms with Crippen LogP contribution < -0.4 is 4.83 Å². The summed E-state index contributed by atoms with van der Waals surface area (Å²) in [7, 11) is -3.61. The molecule has 6 heteroatoms. The highest BCUT2D eigenvalue weighted by molar-refractivity contribution is 9.10. The van der Waals surface area contributed by atoms with E-state index in [1.165, 1.54) is 18.3 Å². The van der Waals surface area contributed by atoms with Crippen LogP contribution in [0.15, 0.2) is 69.1 Å². The summed E-state index contributed by atoms with van der Waals surface area (Å²) in [6.45, 7) is 0. The maximum Gasteiger partial charge on any atom is 0.276 e. The predicted molar refractivity (Wildman–Crippen MR) is 78.5 cm³/mol. The van der Waals surface area contributed by atoms with Gasteiger partial charge < -0.3 is 0 Å². The van der Waals surface area contributed by atoms with Gasteiger partial charge in [-0.3, -0.25) is 0 Å². The van der Waals surface area contributed by atoms with Crippen LogP contribution in [-0.2, 0) is 10.0 Å². The summed E-state index contributed by atoms with van der Waals surface area (Å²) >= 11 is 3.35. The monoisotopic (exact) mass is 338 g/mol. The molecule has 2 aromatic carbocycles.